The van der Waals surface area contributed by atoms with Crippen molar-refractivity contribution in [3.8, 4) is 5.75 Å². The third-order valence-electron chi connectivity index (χ3n) is 9.31. The number of carbonyl (C=O) groups excluding carboxylic acids is 2. The molecule has 9 heteroatoms. The highest BCUT2D eigenvalue weighted by Gasteiger charge is 2.54. The van der Waals surface area contributed by atoms with Gasteiger partial charge in [-0.05, 0) is 93.4 Å². The van der Waals surface area contributed by atoms with Crippen LogP contribution in [-0.2, 0) is 16.1 Å². The van der Waals surface area contributed by atoms with Crippen LogP contribution in [0.5, 0.6) is 5.75 Å². The van der Waals surface area contributed by atoms with Gasteiger partial charge in [-0.25, -0.2) is 0 Å². The second-order valence-corrected chi connectivity index (χ2v) is 12.9. The van der Waals surface area contributed by atoms with Crippen molar-refractivity contribution in [2.45, 2.75) is 88.4 Å². The first kappa shape index (κ1) is 25.7. The normalized spacial score (nSPS) is 28.3. The maximum atomic E-state index is 13.6. The van der Waals surface area contributed by atoms with Gasteiger partial charge in [-0.15, -0.1) is 10.2 Å². The van der Waals surface area contributed by atoms with Crippen LogP contribution in [0.3, 0.4) is 0 Å². The molecule has 8 nitrogen and oxygen atoms in total. The molecule has 4 bridgehead atoms. The van der Waals surface area contributed by atoms with Crippen LogP contribution < -0.4 is 15.4 Å². The van der Waals surface area contributed by atoms with Gasteiger partial charge in [-0.1, -0.05) is 31.0 Å². The van der Waals surface area contributed by atoms with E-state index in [1.165, 1.54) is 50.3 Å². The van der Waals surface area contributed by atoms with E-state index in [1.807, 2.05) is 24.3 Å². The van der Waals surface area contributed by atoms with Gasteiger partial charge in [0.2, 0.25) is 11.8 Å². The summed E-state index contributed by atoms with van der Waals surface area (Å²) in [5, 5.41) is 16.0. The quantitative estimate of drug-likeness (QED) is 0.418. The Morgan fingerprint density at radius 3 is 2.29 bits per heavy atom. The Morgan fingerprint density at radius 2 is 1.66 bits per heavy atom. The molecule has 5 aliphatic rings. The molecule has 1 aromatic heterocycles. The number of hydrogen-bond acceptors (Lipinski definition) is 6. The van der Waals surface area contributed by atoms with Gasteiger partial charge in [-0.2, -0.15) is 0 Å². The number of rotatable bonds is 9. The Kier molecular flexibility index (Phi) is 7.38. The summed E-state index contributed by atoms with van der Waals surface area (Å²) >= 11 is 1.42. The van der Waals surface area contributed by atoms with E-state index in [-0.39, 0.29) is 23.0 Å². The average molecular weight is 538 g/mol. The first-order valence-electron chi connectivity index (χ1n) is 14.3. The average Bonchev–Trinajstić information content (AvgIpc) is 3.33. The van der Waals surface area contributed by atoms with Crippen LogP contribution in [0.1, 0.15) is 82.5 Å². The molecular weight excluding hydrogens is 498 g/mol. The van der Waals surface area contributed by atoms with Gasteiger partial charge in [0.1, 0.15) is 5.75 Å². The minimum absolute atomic E-state index is 0.0879. The fourth-order valence-corrected chi connectivity index (χ4v) is 8.79. The van der Waals surface area contributed by atoms with Gasteiger partial charge >= 0.3 is 0 Å². The van der Waals surface area contributed by atoms with E-state index in [0.29, 0.717) is 12.6 Å². The minimum Gasteiger partial charge on any atom is -0.497 e. The molecule has 2 amide bonds. The second kappa shape index (κ2) is 10.9. The molecule has 7 rings (SSSR count). The van der Waals surface area contributed by atoms with Crippen LogP contribution in [0, 0.1) is 23.2 Å². The Hall–Kier alpha value is -2.55. The van der Waals surface area contributed by atoms with Crippen LogP contribution in [-0.4, -0.2) is 39.4 Å². The Labute approximate surface area is 229 Å². The standard InChI is InChI=1S/C29H39N5O3S/c1-37-24-9-7-22(8-10-24)31-26(35)18-38-28-33-32-25(34(28)23-5-3-2-4-6-23)17-30-27(36)29-14-19-11-20(15-29)13-21(12-19)16-29/h7-10,19-21,23H,2-6,11-18H2,1H3,(H,30,36)(H,31,35). The van der Waals surface area contributed by atoms with Crippen molar-refractivity contribution < 1.29 is 14.3 Å². The van der Waals surface area contributed by atoms with Crippen molar-refractivity contribution in [1.82, 2.24) is 20.1 Å². The van der Waals surface area contributed by atoms with Crippen molar-refractivity contribution in [3.63, 3.8) is 0 Å². The summed E-state index contributed by atoms with van der Waals surface area (Å²) < 4.78 is 7.40. The first-order chi connectivity index (χ1) is 18.5. The third kappa shape index (κ3) is 5.31. The number of methoxy groups -OCH3 is 1. The molecule has 1 aromatic carbocycles. The lowest BCUT2D eigenvalue weighted by Crippen LogP contribution is -2.53. The Morgan fingerprint density at radius 1 is 1.00 bits per heavy atom. The molecule has 0 spiro atoms. The largest absolute Gasteiger partial charge is 0.497 e. The van der Waals surface area contributed by atoms with Crippen molar-refractivity contribution in [3.05, 3.63) is 30.1 Å². The number of amides is 2. The van der Waals surface area contributed by atoms with Crippen LogP contribution in [0.25, 0.3) is 0 Å². The molecule has 204 valence electrons. The minimum atomic E-state index is -0.165. The van der Waals surface area contributed by atoms with Crippen molar-refractivity contribution in [2.24, 2.45) is 23.2 Å². The molecule has 0 radical (unpaired) electrons. The second-order valence-electron chi connectivity index (χ2n) is 12.0. The Bertz CT molecular complexity index is 1120. The van der Waals surface area contributed by atoms with Crippen LogP contribution in [0.15, 0.2) is 29.4 Å². The summed E-state index contributed by atoms with van der Waals surface area (Å²) in [6, 6.07) is 7.63. The molecule has 2 aromatic rings. The van der Waals surface area contributed by atoms with Crippen molar-refractivity contribution in [2.75, 3.05) is 18.2 Å². The number of ether oxygens (including phenoxy) is 1. The fraction of sp³-hybridized carbons (Fsp3) is 0.655. The van der Waals surface area contributed by atoms with Gasteiger partial charge in [0, 0.05) is 17.1 Å². The summed E-state index contributed by atoms with van der Waals surface area (Å²) in [6.45, 7) is 0.405. The molecule has 0 unspecified atom stereocenters. The van der Waals surface area contributed by atoms with Crippen LogP contribution in [0.4, 0.5) is 5.69 Å². The summed E-state index contributed by atoms with van der Waals surface area (Å²) in [4.78, 5) is 26.2. The van der Waals surface area contributed by atoms with E-state index in [2.05, 4.69) is 25.4 Å². The number of benzene rings is 1. The number of nitrogens with one attached hydrogen (secondary N) is 2. The van der Waals surface area contributed by atoms with Gasteiger partial charge in [0.15, 0.2) is 11.0 Å². The highest BCUT2D eigenvalue weighted by molar-refractivity contribution is 7.99. The number of aromatic nitrogens is 3. The molecular formula is C29H39N5O3S. The third-order valence-corrected chi connectivity index (χ3v) is 10.3. The zero-order chi connectivity index (χ0) is 26.1. The lowest BCUT2D eigenvalue weighted by atomic mass is 9.49. The van der Waals surface area contributed by atoms with E-state index < -0.39 is 0 Å². The van der Waals surface area contributed by atoms with Gasteiger partial charge in [0.05, 0.1) is 19.4 Å². The highest BCUT2D eigenvalue weighted by atomic mass is 32.2. The summed E-state index contributed by atoms with van der Waals surface area (Å²) in [5.41, 5.74) is 0.569. The smallest absolute Gasteiger partial charge is 0.234 e. The molecule has 5 saturated carbocycles. The fourth-order valence-electron chi connectivity index (χ4n) is 7.97. The summed E-state index contributed by atoms with van der Waals surface area (Å²) in [5.74, 6) is 4.17. The molecule has 1 heterocycles. The zero-order valence-electron chi connectivity index (χ0n) is 22.3. The number of anilines is 1. The predicted molar refractivity (Wildman–Crippen MR) is 147 cm³/mol. The highest BCUT2D eigenvalue weighted by Crippen LogP contribution is 2.60. The van der Waals surface area contributed by atoms with E-state index in [0.717, 1.165) is 72.3 Å². The van der Waals surface area contributed by atoms with E-state index in [1.54, 1.807) is 7.11 Å². The van der Waals surface area contributed by atoms with E-state index in [4.69, 9.17) is 4.74 Å². The number of carbonyl (C=O) groups is 2. The van der Waals surface area contributed by atoms with Gasteiger partial charge in [0.25, 0.3) is 0 Å². The lowest BCUT2D eigenvalue weighted by Gasteiger charge is -2.55. The molecule has 0 atom stereocenters. The number of hydrogen-bond donors (Lipinski definition) is 2. The maximum absolute atomic E-state index is 13.6. The SMILES string of the molecule is COc1ccc(NC(=O)CSc2nnc(CNC(=O)C34CC5CC(CC(C5)C3)C4)n2C2CCCCC2)cc1. The van der Waals surface area contributed by atoms with Gasteiger partial charge < -0.3 is 19.9 Å². The monoisotopic (exact) mass is 537 g/mol. The number of nitrogens with zero attached hydrogens (tertiary/aromatic N) is 3. The first-order valence-corrected chi connectivity index (χ1v) is 15.3. The molecule has 0 aliphatic heterocycles. The molecule has 0 saturated heterocycles. The molecule has 5 fully saturated rings. The maximum Gasteiger partial charge on any atom is 0.234 e. The molecule has 2 N–H and O–H groups in total. The molecule has 38 heavy (non-hydrogen) atoms. The topological polar surface area (TPSA) is 98.1 Å². The van der Waals surface area contributed by atoms with E-state index in [9.17, 15) is 9.59 Å². The van der Waals surface area contributed by atoms with Crippen LogP contribution in [0.2, 0.25) is 0 Å². The molecule has 5 aliphatic carbocycles. The zero-order valence-corrected chi connectivity index (χ0v) is 23.1. The summed E-state index contributed by atoms with van der Waals surface area (Å²) in [6.07, 6.45) is 13.0. The predicted octanol–water partition coefficient (Wildman–Crippen LogP) is 5.36. The van der Waals surface area contributed by atoms with Crippen molar-refractivity contribution >= 4 is 29.3 Å². The summed E-state index contributed by atoms with van der Waals surface area (Å²) in [7, 11) is 1.62. The van der Waals surface area contributed by atoms with Gasteiger partial charge in [-0.3, -0.25) is 9.59 Å². The number of thioether (sulfide) groups is 1. The van der Waals surface area contributed by atoms with Crippen LogP contribution >= 0.6 is 11.8 Å². The lowest BCUT2D eigenvalue weighted by molar-refractivity contribution is -0.146. The van der Waals surface area contributed by atoms with Crippen molar-refractivity contribution in [1.29, 1.82) is 0 Å². The Balaban J connectivity index is 1.11. The van der Waals surface area contributed by atoms with E-state index >= 15 is 0 Å².